The van der Waals surface area contributed by atoms with Crippen molar-refractivity contribution in [3.63, 3.8) is 0 Å². The molecular weight excluding hydrogens is 237 g/mol. The molecule has 0 saturated heterocycles. The third-order valence-corrected chi connectivity index (χ3v) is 2.80. The molecule has 0 aromatic rings. The van der Waals surface area contributed by atoms with Crippen LogP contribution in [-0.2, 0) is 20.4 Å². The Morgan fingerprint density at radius 1 is 1.08 bits per heavy atom. The average molecular weight is 239 g/mol. The van der Waals surface area contributed by atoms with E-state index in [-0.39, 0.29) is 24.4 Å². The molecule has 0 bridgehead atoms. The number of hydrogen-bond donors (Lipinski definition) is 1. The van der Waals surface area contributed by atoms with Crippen molar-refractivity contribution in [1.82, 2.24) is 4.13 Å². The Morgan fingerprint density at radius 2 is 1.38 bits per heavy atom. The summed E-state index contributed by atoms with van der Waals surface area (Å²) in [6, 6.07) is 0. The summed E-state index contributed by atoms with van der Waals surface area (Å²) < 4.78 is 83.5. The molecule has 0 saturated carbocycles. The summed E-state index contributed by atoms with van der Waals surface area (Å²) >= 11 is 0. The monoisotopic (exact) mass is 239 g/mol. The molecule has 0 radical (unpaired) electrons. The van der Waals surface area contributed by atoms with Gasteiger partial charge in [0, 0.05) is 0 Å². The summed E-state index contributed by atoms with van der Waals surface area (Å²) in [6.45, 7) is 0. The van der Waals surface area contributed by atoms with Crippen molar-refractivity contribution in [2.45, 2.75) is 5.51 Å². The van der Waals surface area contributed by atoms with Crippen LogP contribution in [0.5, 0.6) is 0 Å². The van der Waals surface area contributed by atoms with Gasteiger partial charge in [0.25, 0.3) is 0 Å². The van der Waals surface area contributed by atoms with Gasteiger partial charge in [0.05, 0.1) is 0 Å². The maximum absolute atomic E-state index is 11.4. The van der Waals surface area contributed by atoms with Crippen molar-refractivity contribution < 1.29 is 54.2 Å². The van der Waals surface area contributed by atoms with Crippen LogP contribution in [0.15, 0.2) is 0 Å². The van der Waals surface area contributed by atoms with Gasteiger partial charge in [-0.3, -0.25) is 0 Å². The maximum atomic E-state index is 11.4. The van der Waals surface area contributed by atoms with E-state index in [9.17, 15) is 33.9 Å². The largest absolute Gasteiger partial charge is 1.00 e. The summed E-state index contributed by atoms with van der Waals surface area (Å²) in [5.41, 5.74) is -5.86. The van der Waals surface area contributed by atoms with E-state index in [0.717, 1.165) is 0 Å². The first-order chi connectivity index (χ1) is 4.96. The number of sulfonamides is 1. The molecule has 12 heteroatoms. The molecule has 5 nitrogen and oxygen atoms in total. The minimum atomic E-state index is -6.17. The van der Waals surface area contributed by atoms with E-state index in [4.69, 9.17) is 0 Å². The summed E-state index contributed by atoms with van der Waals surface area (Å²) in [5, 5.41) is 0. The molecule has 0 aliphatic rings. The van der Waals surface area contributed by atoms with Gasteiger partial charge >= 0.3 is 44.8 Å². The van der Waals surface area contributed by atoms with Gasteiger partial charge in [-0.25, -0.2) is 8.42 Å². The Kier molecular flexibility index (Phi) is 4.98. The molecule has 0 heterocycles. The van der Waals surface area contributed by atoms with Crippen molar-refractivity contribution in [2.24, 2.45) is 0 Å². The second-order valence-corrected chi connectivity index (χ2v) is 4.48. The van der Waals surface area contributed by atoms with Crippen molar-refractivity contribution >= 4 is 20.4 Å². The normalized spacial score (nSPS) is 13.5. The first kappa shape index (κ1) is 15.6. The van der Waals surface area contributed by atoms with Crippen LogP contribution in [0.25, 0.3) is 0 Å². The van der Waals surface area contributed by atoms with Gasteiger partial charge in [0.1, 0.15) is 0 Å². The molecule has 0 aliphatic carbocycles. The van der Waals surface area contributed by atoms with Gasteiger partial charge in [-0.05, 0) is 0 Å². The van der Waals surface area contributed by atoms with E-state index in [1.807, 2.05) is 0 Å². The third-order valence-electron chi connectivity index (χ3n) is 0.514. The quantitative estimate of drug-likeness (QED) is 0.312. The molecule has 0 rings (SSSR count). The number of hydrogen-bond acceptors (Lipinski definition) is 4. The molecule has 13 heavy (non-hydrogen) atoms. The SMILES string of the molecule is O=S(=O)(F)NS(=O)(=O)C(F)(F)F.[H-].[Li+]. The predicted octanol–water partition coefficient (Wildman–Crippen LogP) is -3.24. The van der Waals surface area contributed by atoms with Gasteiger partial charge in [-0.1, -0.05) is 8.01 Å². The zero-order valence-electron chi connectivity index (χ0n) is 6.96. The molecule has 0 aromatic heterocycles. The summed E-state index contributed by atoms with van der Waals surface area (Å²) in [7, 11) is -12.1. The van der Waals surface area contributed by atoms with E-state index < -0.39 is 25.9 Å². The van der Waals surface area contributed by atoms with Crippen molar-refractivity contribution in [2.75, 3.05) is 0 Å². The van der Waals surface area contributed by atoms with Crippen LogP contribution in [0.1, 0.15) is 1.43 Å². The molecule has 1 N–H and O–H groups in total. The topological polar surface area (TPSA) is 80.3 Å². The van der Waals surface area contributed by atoms with Gasteiger partial charge in [0.15, 0.2) is 0 Å². The van der Waals surface area contributed by atoms with Gasteiger partial charge < -0.3 is 1.43 Å². The number of alkyl halides is 3. The van der Waals surface area contributed by atoms with Gasteiger partial charge in [-0.15, -0.1) is 0 Å². The first-order valence-corrected chi connectivity index (χ1v) is 4.87. The first-order valence-electron chi connectivity index (χ1n) is 2.00. The predicted molar refractivity (Wildman–Crippen MR) is 29.3 cm³/mol. The zero-order valence-corrected chi connectivity index (χ0v) is 7.59. The number of nitrogens with one attached hydrogen (secondary N) is 1. The molecule has 0 spiro atoms. The van der Waals surface area contributed by atoms with Crippen LogP contribution < -0.4 is 23.0 Å². The molecule has 0 unspecified atom stereocenters. The van der Waals surface area contributed by atoms with Crippen molar-refractivity contribution in [3.05, 3.63) is 0 Å². The Labute approximate surface area is 84.6 Å². The van der Waals surface area contributed by atoms with Crippen LogP contribution >= 0.6 is 0 Å². The second-order valence-electron chi connectivity index (χ2n) is 1.47. The summed E-state index contributed by atoms with van der Waals surface area (Å²) in [5.74, 6) is 0. The van der Waals surface area contributed by atoms with Crippen molar-refractivity contribution in [3.8, 4) is 0 Å². The Morgan fingerprint density at radius 3 is 1.46 bits per heavy atom. The van der Waals surface area contributed by atoms with Crippen LogP contribution in [0.4, 0.5) is 17.1 Å². The van der Waals surface area contributed by atoms with Crippen LogP contribution in [0.3, 0.4) is 0 Å². The molecule has 0 aliphatic heterocycles. The standard InChI is InChI=1S/CHF4NO4S2.Li.H/c2-1(3,4)11(7,8)6-12(5,9)10;;/h6H;;/q;+1;-1. The van der Waals surface area contributed by atoms with E-state index in [2.05, 4.69) is 0 Å². The van der Waals surface area contributed by atoms with E-state index in [1.165, 1.54) is 0 Å². The fraction of sp³-hybridized carbons (Fsp3) is 1.00. The molecule has 0 fully saturated rings. The molecule has 0 amide bonds. The van der Waals surface area contributed by atoms with Crippen molar-refractivity contribution in [1.29, 1.82) is 0 Å². The third kappa shape index (κ3) is 5.48. The summed E-state index contributed by atoms with van der Waals surface area (Å²) in [6.07, 6.45) is 0. The Bertz CT molecular complexity index is 359. The smallest absolute Gasteiger partial charge is 1.00 e. The minimum absolute atomic E-state index is 0. The summed E-state index contributed by atoms with van der Waals surface area (Å²) in [4.78, 5) is 0. The molecule has 0 atom stereocenters. The fourth-order valence-corrected chi connectivity index (χ4v) is 1.60. The van der Waals surface area contributed by atoms with Crippen LogP contribution in [0.2, 0.25) is 0 Å². The molecule has 0 aromatic carbocycles. The Hall–Kier alpha value is 0.177. The number of halogens is 4. The minimum Gasteiger partial charge on any atom is -1.00 e. The number of rotatable bonds is 2. The van der Waals surface area contributed by atoms with Crippen LogP contribution in [0, 0.1) is 0 Å². The molecule has 76 valence electrons. The zero-order chi connectivity index (χ0) is 10.2. The Balaban J connectivity index is -0.000000605. The van der Waals surface area contributed by atoms with E-state index in [0.29, 0.717) is 0 Å². The van der Waals surface area contributed by atoms with Gasteiger partial charge in [-0.2, -0.15) is 21.6 Å². The second kappa shape index (κ2) is 4.14. The fourth-order valence-electron chi connectivity index (χ4n) is 0.178. The van der Waals surface area contributed by atoms with E-state index in [1.54, 1.807) is 0 Å². The van der Waals surface area contributed by atoms with Crippen LogP contribution in [-0.4, -0.2) is 22.3 Å². The molecular formula is CH2F4LiNO4S2. The van der Waals surface area contributed by atoms with Gasteiger partial charge in [0.2, 0.25) is 0 Å². The maximum Gasteiger partial charge on any atom is 1.00 e. The van der Waals surface area contributed by atoms with E-state index >= 15 is 0 Å². The average Bonchev–Trinajstić information content (AvgIpc) is 1.52.